The zero-order valence-corrected chi connectivity index (χ0v) is 9.96. The fraction of sp³-hybridized carbons (Fsp3) is 0.455. The minimum absolute atomic E-state index is 0.0586. The third kappa shape index (κ3) is 3.67. The molecule has 0 radical (unpaired) electrons. The van der Waals surface area contributed by atoms with Gasteiger partial charge in [-0.1, -0.05) is 13.8 Å². The summed E-state index contributed by atoms with van der Waals surface area (Å²) in [5, 5.41) is 2.65. The van der Waals surface area contributed by atoms with Crippen LogP contribution in [0.3, 0.4) is 0 Å². The van der Waals surface area contributed by atoms with E-state index in [9.17, 15) is 9.18 Å². The number of rotatable bonds is 5. The number of hydrogen-bond acceptors (Lipinski definition) is 4. The zero-order valence-electron chi connectivity index (χ0n) is 9.96. The molecule has 0 spiro atoms. The highest BCUT2D eigenvalue weighted by Gasteiger charge is 2.15. The molecule has 17 heavy (non-hydrogen) atoms. The van der Waals surface area contributed by atoms with Gasteiger partial charge < -0.3 is 10.7 Å². The second-order valence-corrected chi connectivity index (χ2v) is 4.10. The summed E-state index contributed by atoms with van der Waals surface area (Å²) in [5.74, 6) is 4.23. The van der Waals surface area contributed by atoms with E-state index in [1.165, 1.54) is 12.3 Å². The number of halogens is 1. The summed E-state index contributed by atoms with van der Waals surface area (Å²) in [6.07, 6.45) is 2.18. The van der Waals surface area contributed by atoms with Gasteiger partial charge in [-0.05, 0) is 18.4 Å². The first-order valence-electron chi connectivity index (χ1n) is 5.45. The molecule has 0 saturated heterocycles. The Labute approximate surface area is 99.6 Å². The van der Waals surface area contributed by atoms with E-state index in [-0.39, 0.29) is 11.4 Å². The average molecular weight is 240 g/mol. The van der Waals surface area contributed by atoms with Gasteiger partial charge in [0.2, 0.25) is 0 Å². The Morgan fingerprint density at radius 1 is 1.59 bits per heavy atom. The molecular formula is C11H17FN4O. The van der Waals surface area contributed by atoms with Crippen LogP contribution in [0.5, 0.6) is 0 Å². The van der Waals surface area contributed by atoms with Crippen LogP contribution in [0, 0.1) is 11.7 Å². The molecule has 1 amide bonds. The van der Waals surface area contributed by atoms with Gasteiger partial charge in [0.15, 0.2) is 11.6 Å². The molecule has 4 N–H and O–H groups in total. The lowest BCUT2D eigenvalue weighted by Gasteiger charge is -2.09. The normalized spacial score (nSPS) is 10.4. The van der Waals surface area contributed by atoms with Crippen molar-refractivity contribution in [3.63, 3.8) is 0 Å². The average Bonchev–Trinajstić information content (AvgIpc) is 2.28. The molecule has 5 nitrogen and oxygen atoms in total. The molecule has 0 fully saturated rings. The van der Waals surface area contributed by atoms with E-state index >= 15 is 0 Å². The maximum atomic E-state index is 13.6. The molecule has 6 heteroatoms. The number of carbonyl (C=O) groups is 1. The lowest BCUT2D eigenvalue weighted by atomic mass is 10.1. The molecule has 0 aromatic carbocycles. The highest BCUT2D eigenvalue weighted by Crippen LogP contribution is 2.13. The van der Waals surface area contributed by atoms with Crippen LogP contribution in [-0.2, 0) is 0 Å². The van der Waals surface area contributed by atoms with Crippen LogP contribution >= 0.6 is 0 Å². The lowest BCUT2D eigenvalue weighted by Crippen LogP contribution is -2.27. The van der Waals surface area contributed by atoms with Crippen molar-refractivity contribution in [3.05, 3.63) is 23.6 Å². The molecule has 94 valence electrons. The number of anilines is 1. The van der Waals surface area contributed by atoms with Crippen LogP contribution in [-0.4, -0.2) is 17.4 Å². The van der Waals surface area contributed by atoms with Crippen LogP contribution < -0.4 is 16.6 Å². The summed E-state index contributed by atoms with van der Waals surface area (Å²) in [6.45, 7) is 4.62. The molecule has 0 aliphatic rings. The fourth-order valence-corrected chi connectivity index (χ4v) is 1.29. The van der Waals surface area contributed by atoms with E-state index in [0.29, 0.717) is 12.5 Å². The third-order valence-corrected chi connectivity index (χ3v) is 2.28. The van der Waals surface area contributed by atoms with Crippen LogP contribution in [0.15, 0.2) is 12.3 Å². The number of nitrogen functional groups attached to an aromatic ring is 1. The van der Waals surface area contributed by atoms with Crippen molar-refractivity contribution in [1.82, 2.24) is 10.3 Å². The second kappa shape index (κ2) is 6.15. The second-order valence-electron chi connectivity index (χ2n) is 4.10. The number of nitrogens with one attached hydrogen (secondary N) is 2. The van der Waals surface area contributed by atoms with E-state index in [2.05, 4.69) is 29.6 Å². The smallest absolute Gasteiger partial charge is 0.254 e. The number of nitrogens with zero attached hydrogens (tertiary/aromatic N) is 1. The summed E-state index contributed by atoms with van der Waals surface area (Å²) in [6, 6.07) is 1.32. The predicted molar refractivity (Wildman–Crippen MR) is 63.8 cm³/mol. The van der Waals surface area contributed by atoms with Crippen LogP contribution in [0.4, 0.5) is 10.2 Å². The first kappa shape index (κ1) is 13.4. The van der Waals surface area contributed by atoms with Gasteiger partial charge in [0.1, 0.15) is 0 Å². The molecular weight excluding hydrogens is 223 g/mol. The van der Waals surface area contributed by atoms with Gasteiger partial charge in [-0.3, -0.25) is 4.79 Å². The van der Waals surface area contributed by atoms with Crippen molar-refractivity contribution < 1.29 is 9.18 Å². The Bertz CT molecular complexity index is 395. The van der Waals surface area contributed by atoms with Crippen molar-refractivity contribution in [2.45, 2.75) is 20.3 Å². The van der Waals surface area contributed by atoms with Crippen molar-refractivity contribution in [2.24, 2.45) is 11.8 Å². The Hall–Kier alpha value is -1.69. The largest absolute Gasteiger partial charge is 0.352 e. The number of hydrogen-bond donors (Lipinski definition) is 3. The van der Waals surface area contributed by atoms with E-state index < -0.39 is 11.7 Å². The van der Waals surface area contributed by atoms with Gasteiger partial charge >= 0.3 is 0 Å². The summed E-state index contributed by atoms with van der Waals surface area (Å²) < 4.78 is 13.6. The summed E-state index contributed by atoms with van der Waals surface area (Å²) >= 11 is 0. The molecule has 0 aliphatic heterocycles. The van der Waals surface area contributed by atoms with E-state index in [0.717, 1.165) is 6.42 Å². The Morgan fingerprint density at radius 2 is 2.29 bits per heavy atom. The van der Waals surface area contributed by atoms with Gasteiger partial charge in [0.05, 0.1) is 5.56 Å². The Morgan fingerprint density at radius 3 is 2.88 bits per heavy atom. The number of pyridine rings is 1. The standard InChI is InChI=1S/C11H17FN4O/c1-7(2)3-5-15-11(17)8-4-6-14-10(16-13)9(8)12/h4,6-7H,3,5,13H2,1-2H3,(H,14,16)(H,15,17). The van der Waals surface area contributed by atoms with E-state index in [4.69, 9.17) is 5.84 Å². The molecule has 0 aliphatic carbocycles. The number of nitrogens with two attached hydrogens (primary N) is 1. The Balaban J connectivity index is 2.69. The van der Waals surface area contributed by atoms with Crippen molar-refractivity contribution in [1.29, 1.82) is 0 Å². The number of carbonyl (C=O) groups excluding carboxylic acids is 1. The van der Waals surface area contributed by atoms with Crippen LogP contribution in [0.2, 0.25) is 0 Å². The predicted octanol–water partition coefficient (Wildman–Crippen LogP) is 1.28. The Kier molecular flexibility index (Phi) is 4.84. The minimum Gasteiger partial charge on any atom is -0.352 e. The van der Waals surface area contributed by atoms with Crippen molar-refractivity contribution >= 4 is 11.7 Å². The van der Waals surface area contributed by atoms with Crippen LogP contribution in [0.1, 0.15) is 30.6 Å². The topological polar surface area (TPSA) is 80.0 Å². The minimum atomic E-state index is -0.739. The van der Waals surface area contributed by atoms with Gasteiger partial charge in [-0.25, -0.2) is 15.2 Å². The fourth-order valence-electron chi connectivity index (χ4n) is 1.29. The molecule has 0 atom stereocenters. The van der Waals surface area contributed by atoms with Crippen LogP contribution in [0.25, 0.3) is 0 Å². The molecule has 1 aromatic rings. The highest BCUT2D eigenvalue weighted by molar-refractivity contribution is 5.95. The molecule has 1 aromatic heterocycles. The SMILES string of the molecule is CC(C)CCNC(=O)c1ccnc(NN)c1F. The zero-order chi connectivity index (χ0) is 12.8. The van der Waals surface area contributed by atoms with Gasteiger partial charge in [-0.15, -0.1) is 0 Å². The molecule has 0 unspecified atom stereocenters. The lowest BCUT2D eigenvalue weighted by molar-refractivity contribution is 0.0948. The van der Waals surface area contributed by atoms with Crippen molar-refractivity contribution in [3.8, 4) is 0 Å². The van der Waals surface area contributed by atoms with E-state index in [1.807, 2.05) is 0 Å². The highest BCUT2D eigenvalue weighted by atomic mass is 19.1. The first-order chi connectivity index (χ1) is 8.06. The maximum absolute atomic E-state index is 13.6. The summed E-state index contributed by atoms with van der Waals surface area (Å²) in [4.78, 5) is 15.3. The third-order valence-electron chi connectivity index (χ3n) is 2.28. The molecule has 1 rings (SSSR count). The first-order valence-corrected chi connectivity index (χ1v) is 5.45. The van der Waals surface area contributed by atoms with Crippen molar-refractivity contribution in [2.75, 3.05) is 12.0 Å². The molecule has 0 bridgehead atoms. The van der Waals surface area contributed by atoms with Gasteiger partial charge in [-0.2, -0.15) is 0 Å². The number of aromatic nitrogens is 1. The summed E-state index contributed by atoms with van der Waals surface area (Å²) in [7, 11) is 0. The molecule has 0 saturated carbocycles. The quantitative estimate of drug-likeness (QED) is 0.535. The van der Waals surface area contributed by atoms with Gasteiger partial charge in [0.25, 0.3) is 5.91 Å². The van der Waals surface area contributed by atoms with Gasteiger partial charge in [0, 0.05) is 12.7 Å². The molecule has 1 heterocycles. The summed E-state index contributed by atoms with van der Waals surface area (Å²) in [5.41, 5.74) is 2.04. The number of amides is 1. The van der Waals surface area contributed by atoms with E-state index in [1.54, 1.807) is 0 Å². The number of hydrazine groups is 1. The maximum Gasteiger partial charge on any atom is 0.254 e. The monoisotopic (exact) mass is 240 g/mol.